The molecule has 3 amide bonds. The first-order valence-corrected chi connectivity index (χ1v) is 16.2. The second-order valence-electron chi connectivity index (χ2n) is 11.4. The first kappa shape index (κ1) is 33.2. The third kappa shape index (κ3) is 12.1. The van der Waals surface area contributed by atoms with Crippen LogP contribution in [0.15, 0.2) is 109 Å². The zero-order valence-corrected chi connectivity index (χ0v) is 26.1. The largest absolute Gasteiger partial charge is 0.352 e. The predicted octanol–water partition coefficient (Wildman–Crippen LogP) is 6.94. The molecule has 0 saturated heterocycles. The van der Waals surface area contributed by atoms with Crippen molar-refractivity contribution >= 4 is 17.7 Å². The van der Waals surface area contributed by atoms with Gasteiger partial charge in [0, 0.05) is 36.3 Å². The molecule has 3 N–H and O–H groups in total. The first-order chi connectivity index (χ1) is 22.1. The highest BCUT2D eigenvalue weighted by Crippen LogP contribution is 2.13. The van der Waals surface area contributed by atoms with E-state index < -0.39 is 0 Å². The van der Waals surface area contributed by atoms with Crippen LogP contribution in [0.5, 0.6) is 0 Å². The molecule has 0 spiro atoms. The second kappa shape index (κ2) is 18.8. The van der Waals surface area contributed by atoms with E-state index in [2.05, 4.69) is 52.3 Å². The van der Waals surface area contributed by atoms with Crippen LogP contribution >= 0.6 is 0 Å². The number of hydrogen-bond acceptors (Lipinski definition) is 3. The molecular formula is C39H45N3O3. The minimum Gasteiger partial charge on any atom is -0.352 e. The molecule has 4 aromatic rings. The fourth-order valence-corrected chi connectivity index (χ4v) is 5.23. The van der Waals surface area contributed by atoms with Crippen LogP contribution in [-0.4, -0.2) is 37.4 Å². The van der Waals surface area contributed by atoms with E-state index in [1.165, 1.54) is 16.7 Å². The fourth-order valence-electron chi connectivity index (χ4n) is 5.23. The summed E-state index contributed by atoms with van der Waals surface area (Å²) in [7, 11) is 0. The van der Waals surface area contributed by atoms with Crippen molar-refractivity contribution in [1.82, 2.24) is 16.0 Å². The van der Waals surface area contributed by atoms with Crippen molar-refractivity contribution in [2.24, 2.45) is 0 Å². The topological polar surface area (TPSA) is 87.3 Å². The average Bonchev–Trinajstić information content (AvgIpc) is 3.08. The lowest BCUT2D eigenvalue weighted by atomic mass is 10.0. The number of hydrogen-bond donors (Lipinski definition) is 3. The molecule has 4 aromatic carbocycles. The molecule has 45 heavy (non-hydrogen) atoms. The second-order valence-corrected chi connectivity index (χ2v) is 11.4. The summed E-state index contributed by atoms with van der Waals surface area (Å²) in [6.07, 6.45) is 8.22. The van der Waals surface area contributed by atoms with Gasteiger partial charge in [-0.25, -0.2) is 0 Å². The summed E-state index contributed by atoms with van der Waals surface area (Å²) >= 11 is 0. The number of unbranched alkanes of at least 4 members (excludes halogenated alkanes) is 3. The summed E-state index contributed by atoms with van der Waals surface area (Å²) in [5.74, 6) is -0.864. The van der Waals surface area contributed by atoms with Gasteiger partial charge in [-0.15, -0.1) is 0 Å². The molecule has 0 aliphatic heterocycles. The van der Waals surface area contributed by atoms with Gasteiger partial charge in [-0.2, -0.15) is 0 Å². The first-order valence-electron chi connectivity index (χ1n) is 16.2. The maximum Gasteiger partial charge on any atom is 0.251 e. The number of benzene rings is 4. The summed E-state index contributed by atoms with van der Waals surface area (Å²) in [6, 6.07) is 35.6. The minimum atomic E-state index is -0.288. The SMILES string of the molecule is O=C(NCCCCc1ccccc1)c1cc(C(=O)NCCCCc2ccccc2)cc(C(=O)NCCCCc2ccccc2)c1. The normalized spacial score (nSPS) is 10.7. The lowest BCUT2D eigenvalue weighted by molar-refractivity contribution is 0.0952. The van der Waals surface area contributed by atoms with Gasteiger partial charge in [-0.3, -0.25) is 14.4 Å². The number of rotatable bonds is 18. The predicted molar refractivity (Wildman–Crippen MR) is 182 cm³/mol. The van der Waals surface area contributed by atoms with Crippen molar-refractivity contribution in [2.75, 3.05) is 19.6 Å². The maximum atomic E-state index is 13.1. The molecule has 0 radical (unpaired) electrons. The van der Waals surface area contributed by atoms with Gasteiger partial charge in [-0.1, -0.05) is 91.0 Å². The smallest absolute Gasteiger partial charge is 0.251 e. The van der Waals surface area contributed by atoms with E-state index in [-0.39, 0.29) is 17.7 Å². The lowest BCUT2D eigenvalue weighted by Crippen LogP contribution is -2.29. The van der Waals surface area contributed by atoms with E-state index in [0.29, 0.717) is 36.3 Å². The van der Waals surface area contributed by atoms with Crippen molar-refractivity contribution < 1.29 is 14.4 Å². The summed E-state index contributed by atoms with van der Waals surface area (Å²) in [5, 5.41) is 8.90. The van der Waals surface area contributed by atoms with Gasteiger partial charge in [0.15, 0.2) is 0 Å². The van der Waals surface area contributed by atoms with Crippen LogP contribution in [0.2, 0.25) is 0 Å². The van der Waals surface area contributed by atoms with Gasteiger partial charge < -0.3 is 16.0 Å². The number of nitrogens with one attached hydrogen (secondary N) is 3. The molecule has 0 aliphatic carbocycles. The lowest BCUT2D eigenvalue weighted by Gasteiger charge is -2.12. The molecule has 0 aromatic heterocycles. The Morgan fingerprint density at radius 1 is 0.378 bits per heavy atom. The van der Waals surface area contributed by atoms with Gasteiger partial charge in [0.05, 0.1) is 0 Å². The standard InChI is InChI=1S/C39H45N3O3/c43-37(40-25-13-10-22-31-16-4-1-5-17-31)34-28-35(38(44)41-26-14-11-23-32-18-6-2-7-19-32)30-36(29-34)39(45)42-27-15-12-24-33-20-8-3-9-21-33/h1-9,16-21,28-30H,10-15,22-27H2,(H,40,43)(H,41,44)(H,42,45). The zero-order valence-electron chi connectivity index (χ0n) is 26.1. The molecule has 4 rings (SSSR count). The summed E-state index contributed by atoms with van der Waals surface area (Å²) < 4.78 is 0. The van der Waals surface area contributed by atoms with E-state index >= 15 is 0 Å². The number of amides is 3. The van der Waals surface area contributed by atoms with Crippen LogP contribution in [0.1, 0.15) is 86.3 Å². The number of aryl methyl sites for hydroxylation is 3. The summed E-state index contributed by atoms with van der Waals surface area (Å²) in [5.41, 5.74) is 4.76. The summed E-state index contributed by atoms with van der Waals surface area (Å²) in [4.78, 5) is 39.4. The molecular weight excluding hydrogens is 558 g/mol. The van der Waals surface area contributed by atoms with Crippen LogP contribution in [-0.2, 0) is 19.3 Å². The summed E-state index contributed by atoms with van der Waals surface area (Å²) in [6.45, 7) is 1.56. The Hall–Kier alpha value is -4.71. The van der Waals surface area contributed by atoms with Gasteiger partial charge in [-0.05, 0) is 92.7 Å². The quantitative estimate of drug-likeness (QED) is 0.108. The molecule has 0 heterocycles. The minimum absolute atomic E-state index is 0.288. The molecule has 0 bridgehead atoms. The third-order valence-corrected chi connectivity index (χ3v) is 7.78. The van der Waals surface area contributed by atoms with E-state index in [1.54, 1.807) is 18.2 Å². The Balaban J connectivity index is 1.30. The third-order valence-electron chi connectivity index (χ3n) is 7.78. The monoisotopic (exact) mass is 603 g/mol. The van der Waals surface area contributed by atoms with Gasteiger partial charge >= 0.3 is 0 Å². The molecule has 6 nitrogen and oxygen atoms in total. The molecule has 0 aliphatic rings. The Morgan fingerprint density at radius 2 is 0.644 bits per heavy atom. The molecule has 0 saturated carbocycles. The highest BCUT2D eigenvalue weighted by molar-refractivity contribution is 6.04. The van der Waals surface area contributed by atoms with Crippen molar-refractivity contribution in [3.05, 3.63) is 143 Å². The molecule has 6 heteroatoms. The van der Waals surface area contributed by atoms with E-state index in [4.69, 9.17) is 0 Å². The molecule has 234 valence electrons. The highest BCUT2D eigenvalue weighted by Gasteiger charge is 2.16. The van der Waals surface area contributed by atoms with Gasteiger partial charge in [0.1, 0.15) is 0 Å². The Kier molecular flexibility index (Phi) is 13.9. The average molecular weight is 604 g/mol. The van der Waals surface area contributed by atoms with Gasteiger partial charge in [0.25, 0.3) is 17.7 Å². The van der Waals surface area contributed by atoms with Crippen molar-refractivity contribution in [2.45, 2.75) is 57.8 Å². The van der Waals surface area contributed by atoms with Crippen LogP contribution in [0, 0.1) is 0 Å². The highest BCUT2D eigenvalue weighted by atomic mass is 16.2. The fraction of sp³-hybridized carbons (Fsp3) is 0.308. The number of carbonyl (C=O) groups excluding carboxylic acids is 3. The zero-order chi connectivity index (χ0) is 31.5. The number of carbonyl (C=O) groups is 3. The Morgan fingerprint density at radius 3 is 0.911 bits per heavy atom. The Bertz CT molecular complexity index is 1280. The van der Waals surface area contributed by atoms with Gasteiger partial charge in [0.2, 0.25) is 0 Å². The van der Waals surface area contributed by atoms with E-state index in [9.17, 15) is 14.4 Å². The Labute approximate surface area is 267 Å². The molecule has 0 unspecified atom stereocenters. The van der Waals surface area contributed by atoms with Crippen LogP contribution in [0.3, 0.4) is 0 Å². The molecule has 0 atom stereocenters. The molecule has 0 fully saturated rings. The van der Waals surface area contributed by atoms with Crippen LogP contribution in [0.4, 0.5) is 0 Å². The van der Waals surface area contributed by atoms with Crippen molar-refractivity contribution in [3.63, 3.8) is 0 Å². The van der Waals surface area contributed by atoms with E-state index in [0.717, 1.165) is 57.8 Å². The van der Waals surface area contributed by atoms with Crippen molar-refractivity contribution in [1.29, 1.82) is 0 Å². The van der Waals surface area contributed by atoms with Crippen molar-refractivity contribution in [3.8, 4) is 0 Å². The maximum absolute atomic E-state index is 13.1. The van der Waals surface area contributed by atoms with Crippen LogP contribution in [0.25, 0.3) is 0 Å². The van der Waals surface area contributed by atoms with E-state index in [1.807, 2.05) is 54.6 Å². The van der Waals surface area contributed by atoms with Crippen LogP contribution < -0.4 is 16.0 Å².